The minimum atomic E-state index is -5.05. The quantitative estimate of drug-likeness (QED) is 0.0896. The number of halogens is 6. The van der Waals surface area contributed by atoms with Gasteiger partial charge in [-0.1, -0.05) is 6.92 Å². The number of benzene rings is 1. The van der Waals surface area contributed by atoms with Crippen LogP contribution in [0.4, 0.5) is 42.6 Å². The molecule has 5 N–H and O–H groups in total. The van der Waals surface area contributed by atoms with Gasteiger partial charge in [-0.25, -0.2) is 26.1 Å². The van der Waals surface area contributed by atoms with E-state index in [1.807, 2.05) is 6.92 Å². The number of methoxy groups -OCH3 is 1. The van der Waals surface area contributed by atoms with Gasteiger partial charge < -0.3 is 20.1 Å². The summed E-state index contributed by atoms with van der Waals surface area (Å²) in [6, 6.07) is 6.26. The fourth-order valence-electron chi connectivity index (χ4n) is 5.25. The second-order valence-corrected chi connectivity index (χ2v) is 10.2. The number of alkyl halides is 6. The summed E-state index contributed by atoms with van der Waals surface area (Å²) < 4.78 is 93.4. The number of rotatable bonds is 9. The predicted octanol–water partition coefficient (Wildman–Crippen LogP) is 5.50. The second kappa shape index (κ2) is 13.7. The zero-order chi connectivity index (χ0) is 33.8. The highest BCUT2D eigenvalue weighted by Gasteiger charge is 2.41. The van der Waals surface area contributed by atoms with E-state index in [0.717, 1.165) is 0 Å². The van der Waals surface area contributed by atoms with E-state index in [4.69, 9.17) is 21.1 Å². The lowest BCUT2D eigenvalue weighted by Gasteiger charge is -2.43. The van der Waals surface area contributed by atoms with Crippen LogP contribution in [0.2, 0.25) is 0 Å². The largest absolute Gasteiger partial charge is 0.481 e. The average Bonchev–Trinajstić information content (AvgIpc) is 3.02. The van der Waals surface area contributed by atoms with Crippen LogP contribution in [0.15, 0.2) is 53.8 Å². The number of carbonyl (C=O) groups excluding carboxylic acids is 1. The van der Waals surface area contributed by atoms with E-state index >= 15 is 0 Å². The van der Waals surface area contributed by atoms with Gasteiger partial charge in [0, 0.05) is 30.4 Å². The Morgan fingerprint density at radius 2 is 1.76 bits per heavy atom. The number of ether oxygens (including phenoxy) is 2. The molecule has 46 heavy (non-hydrogen) atoms. The molecule has 17 heteroatoms. The van der Waals surface area contributed by atoms with Crippen LogP contribution in [0.5, 0.6) is 5.88 Å². The van der Waals surface area contributed by atoms with E-state index in [-0.39, 0.29) is 47.9 Å². The first kappa shape index (κ1) is 34.1. The van der Waals surface area contributed by atoms with Crippen LogP contribution in [0, 0.1) is 0 Å². The van der Waals surface area contributed by atoms with Crippen LogP contribution < -0.4 is 31.6 Å². The van der Waals surface area contributed by atoms with E-state index in [1.165, 1.54) is 41.3 Å². The maximum Gasteiger partial charge on any atom is 0.416 e. The molecule has 2 aromatic heterocycles. The first-order chi connectivity index (χ1) is 21.7. The molecule has 3 aromatic rings. The highest BCUT2D eigenvalue weighted by atomic mass is 19.4. The Balaban J connectivity index is 1.94. The molecule has 4 rings (SSSR count). The Morgan fingerprint density at radius 3 is 2.28 bits per heavy atom. The van der Waals surface area contributed by atoms with Crippen molar-refractivity contribution in [1.29, 1.82) is 0 Å². The molecule has 0 aliphatic carbocycles. The fourth-order valence-corrected chi connectivity index (χ4v) is 5.25. The number of fused-ring (bicyclic) bond motifs is 1. The number of amidine groups is 1. The number of nitrogens with two attached hydrogens (primary N) is 2. The minimum absolute atomic E-state index is 0.0219. The molecule has 1 aliphatic rings. The average molecular weight is 655 g/mol. The van der Waals surface area contributed by atoms with E-state index in [9.17, 15) is 31.1 Å². The van der Waals surface area contributed by atoms with Gasteiger partial charge in [-0.05, 0) is 61.7 Å². The Hall–Kier alpha value is -4.80. The van der Waals surface area contributed by atoms with Crippen molar-refractivity contribution in [2.24, 2.45) is 16.7 Å². The Labute approximate surface area is 260 Å². The Morgan fingerprint density at radius 1 is 1.09 bits per heavy atom. The smallest absolute Gasteiger partial charge is 0.416 e. The minimum Gasteiger partial charge on any atom is -0.481 e. The van der Waals surface area contributed by atoms with Gasteiger partial charge in [0.2, 0.25) is 5.88 Å². The Kier molecular flexibility index (Phi) is 10.1. The van der Waals surface area contributed by atoms with Crippen LogP contribution >= 0.6 is 0 Å². The van der Waals surface area contributed by atoms with Gasteiger partial charge in [0.15, 0.2) is 5.84 Å². The summed E-state index contributed by atoms with van der Waals surface area (Å²) in [6.07, 6.45) is -8.80. The molecule has 2 atom stereocenters. The van der Waals surface area contributed by atoms with Crippen LogP contribution in [0.25, 0.3) is 0 Å². The number of hydrazine groups is 1. The third-order valence-electron chi connectivity index (χ3n) is 7.36. The maximum atomic E-state index is 13.8. The van der Waals surface area contributed by atoms with Gasteiger partial charge in [0.1, 0.15) is 5.82 Å². The number of amides is 1. The van der Waals surface area contributed by atoms with Crippen LogP contribution in [0.1, 0.15) is 60.7 Å². The molecule has 1 aromatic carbocycles. The number of pyridine rings is 2. The molecule has 0 bridgehead atoms. The molecule has 0 saturated carbocycles. The SMILES string of the molecule is CCOC(=O)N1c2ccc(OC)nc2[C@@H](N(Cc2cc(C(F)(F)F)cc(C(F)(F)F)c2)c2ccc(/C(N)=N/NN)cn2)C[C@H]1CC. The number of aromatic nitrogens is 2. The van der Waals surface area contributed by atoms with E-state index < -0.39 is 48.2 Å². The fraction of sp³-hybridized carbons (Fsp3) is 0.379. The van der Waals surface area contributed by atoms with Crippen LogP contribution in [0.3, 0.4) is 0 Å². The summed E-state index contributed by atoms with van der Waals surface area (Å²) in [7, 11) is 1.38. The summed E-state index contributed by atoms with van der Waals surface area (Å²) in [4.78, 5) is 25.1. The normalized spacial score (nSPS) is 16.9. The third kappa shape index (κ3) is 7.35. The molecule has 3 heterocycles. The monoisotopic (exact) mass is 654 g/mol. The number of carbonyl (C=O) groups is 1. The predicted molar refractivity (Wildman–Crippen MR) is 157 cm³/mol. The number of nitrogens with zero attached hydrogens (tertiary/aromatic N) is 5. The van der Waals surface area contributed by atoms with Crippen molar-refractivity contribution in [3.05, 3.63) is 76.6 Å². The first-order valence-corrected chi connectivity index (χ1v) is 14.0. The second-order valence-electron chi connectivity index (χ2n) is 10.2. The number of nitrogens with one attached hydrogen (secondary N) is 1. The number of hydrazone groups is 1. The molecular weight excluding hydrogens is 622 g/mol. The van der Waals surface area contributed by atoms with Crippen molar-refractivity contribution in [1.82, 2.24) is 15.5 Å². The van der Waals surface area contributed by atoms with Gasteiger partial charge >= 0.3 is 18.4 Å². The summed E-state index contributed by atoms with van der Waals surface area (Å²) >= 11 is 0. The number of hydrogen-bond donors (Lipinski definition) is 3. The van der Waals surface area contributed by atoms with Crippen molar-refractivity contribution >= 4 is 23.4 Å². The van der Waals surface area contributed by atoms with Crippen molar-refractivity contribution in [3.8, 4) is 5.88 Å². The summed E-state index contributed by atoms with van der Waals surface area (Å²) in [6.45, 7) is 3.14. The van der Waals surface area contributed by atoms with Crippen LogP contribution in [-0.2, 0) is 23.6 Å². The van der Waals surface area contributed by atoms with E-state index in [0.29, 0.717) is 29.8 Å². The Bertz CT molecular complexity index is 1530. The molecule has 11 nitrogen and oxygen atoms in total. The van der Waals surface area contributed by atoms with Gasteiger partial charge in [0.25, 0.3) is 0 Å². The summed E-state index contributed by atoms with van der Waals surface area (Å²) in [5.74, 6) is 5.52. The van der Waals surface area contributed by atoms with E-state index in [2.05, 4.69) is 20.6 Å². The van der Waals surface area contributed by atoms with Gasteiger partial charge in [-0.2, -0.15) is 26.3 Å². The van der Waals surface area contributed by atoms with Gasteiger partial charge in [-0.15, -0.1) is 5.10 Å². The topological polar surface area (TPSA) is 144 Å². The van der Waals surface area contributed by atoms with Crippen molar-refractivity contribution in [2.75, 3.05) is 23.5 Å². The van der Waals surface area contributed by atoms with Crippen molar-refractivity contribution in [3.63, 3.8) is 0 Å². The molecule has 248 valence electrons. The van der Waals surface area contributed by atoms with Crippen LogP contribution in [-0.4, -0.2) is 41.7 Å². The highest BCUT2D eigenvalue weighted by Crippen LogP contribution is 2.44. The molecule has 1 aliphatic heterocycles. The first-order valence-electron chi connectivity index (χ1n) is 14.0. The molecule has 0 spiro atoms. The molecule has 0 saturated heterocycles. The summed E-state index contributed by atoms with van der Waals surface area (Å²) in [5.41, 5.74) is 5.70. The lowest BCUT2D eigenvalue weighted by Crippen LogP contribution is -2.48. The van der Waals surface area contributed by atoms with Gasteiger partial charge in [-0.3, -0.25) is 4.90 Å². The summed E-state index contributed by atoms with van der Waals surface area (Å²) in [5, 5.41) is 3.68. The maximum absolute atomic E-state index is 13.8. The van der Waals surface area contributed by atoms with Crippen molar-refractivity contribution < 1.29 is 40.6 Å². The van der Waals surface area contributed by atoms with E-state index in [1.54, 1.807) is 13.0 Å². The van der Waals surface area contributed by atoms with Gasteiger partial charge in [0.05, 0.1) is 42.3 Å². The lowest BCUT2D eigenvalue weighted by atomic mass is 9.91. The zero-order valence-corrected chi connectivity index (χ0v) is 25.0. The lowest BCUT2D eigenvalue weighted by molar-refractivity contribution is -0.143. The third-order valence-corrected chi connectivity index (χ3v) is 7.36. The zero-order valence-electron chi connectivity index (χ0n) is 25.0. The molecule has 0 fully saturated rings. The number of hydrogen-bond acceptors (Lipinski definition) is 9. The highest BCUT2D eigenvalue weighted by molar-refractivity contribution is 5.97. The molecule has 1 amide bonds. The standard InChI is InChI=1S/C29H32F6N8O3/c1-4-20-13-22(25-21(7-9-24(39-25)45-3)43(20)27(44)46-5-2)42(23-8-6-17(14-38-23)26(36)40-41-37)15-16-10-18(28(30,31)32)12-19(11-16)29(33,34)35/h6-12,14,20,22,41H,4-5,13,15,37H2,1-3H3,(H2,36,40)/t20-,22+/m1/s1. The van der Waals surface area contributed by atoms with Crippen molar-refractivity contribution in [2.45, 2.75) is 57.7 Å². The molecular formula is C29H32F6N8O3. The molecule has 0 unspecified atom stereocenters. The number of anilines is 2. The molecule has 0 radical (unpaired) electrons.